The van der Waals surface area contributed by atoms with Gasteiger partial charge >= 0.3 is 6.61 Å². The smallest absolute Gasteiger partial charge is 0.387 e. The lowest BCUT2D eigenvalue weighted by molar-refractivity contribution is -0.119. The van der Waals surface area contributed by atoms with Crippen molar-refractivity contribution in [1.82, 2.24) is 14.9 Å². The predicted octanol–water partition coefficient (Wildman–Crippen LogP) is 6.44. The molecule has 2 aromatic carbocycles. The fraction of sp³-hybridized carbons (Fsp3) is 0.469. The molecular formula is C32H38ClF2N5O3. The van der Waals surface area contributed by atoms with Gasteiger partial charge in [-0.05, 0) is 107 Å². The van der Waals surface area contributed by atoms with E-state index >= 15 is 0 Å². The molecule has 8 nitrogen and oxygen atoms in total. The molecule has 0 unspecified atom stereocenters. The van der Waals surface area contributed by atoms with E-state index in [-0.39, 0.29) is 23.5 Å². The third-order valence-corrected chi connectivity index (χ3v) is 8.49. The first-order chi connectivity index (χ1) is 20.3. The molecular weight excluding hydrogens is 576 g/mol. The van der Waals surface area contributed by atoms with E-state index in [4.69, 9.17) is 16.3 Å². The van der Waals surface area contributed by atoms with Gasteiger partial charge in [-0.3, -0.25) is 4.79 Å². The summed E-state index contributed by atoms with van der Waals surface area (Å²) in [5.41, 5.74) is 3.25. The number of hydrogen-bond acceptors (Lipinski definition) is 7. The normalized spacial score (nSPS) is 17.2. The number of alkyl halides is 2. The summed E-state index contributed by atoms with van der Waals surface area (Å²) in [6.07, 6.45) is 4.28. The van der Waals surface area contributed by atoms with Crippen molar-refractivity contribution >= 4 is 34.8 Å². The zero-order chi connectivity index (χ0) is 30.9. The minimum absolute atomic E-state index is 0.0192. The van der Waals surface area contributed by atoms with Crippen molar-refractivity contribution in [2.75, 3.05) is 30.3 Å². The van der Waals surface area contributed by atoms with Crippen LogP contribution >= 0.6 is 11.6 Å². The van der Waals surface area contributed by atoms with Gasteiger partial charge in [0.1, 0.15) is 5.75 Å². The minimum atomic E-state index is -3.00. The van der Waals surface area contributed by atoms with Gasteiger partial charge in [0, 0.05) is 12.2 Å². The molecule has 2 aliphatic heterocycles. The van der Waals surface area contributed by atoms with Crippen LogP contribution in [0.2, 0.25) is 5.02 Å². The van der Waals surface area contributed by atoms with Crippen molar-refractivity contribution in [3.63, 3.8) is 0 Å². The van der Waals surface area contributed by atoms with Crippen molar-refractivity contribution in [3.05, 3.63) is 70.0 Å². The van der Waals surface area contributed by atoms with E-state index in [1.165, 1.54) is 6.20 Å². The molecule has 0 aliphatic carbocycles. The van der Waals surface area contributed by atoms with Crippen LogP contribution in [0.1, 0.15) is 68.8 Å². The van der Waals surface area contributed by atoms with Gasteiger partial charge in [0.25, 0.3) is 0 Å². The fourth-order valence-electron chi connectivity index (χ4n) is 6.12. The van der Waals surface area contributed by atoms with E-state index in [0.29, 0.717) is 35.8 Å². The van der Waals surface area contributed by atoms with Crippen LogP contribution < -0.4 is 15.4 Å². The number of fused-ring (bicyclic) bond motifs is 1. The molecule has 1 fully saturated rings. The van der Waals surface area contributed by atoms with Crippen molar-refractivity contribution in [1.29, 1.82) is 0 Å². The number of rotatable bonds is 10. The third-order valence-electron chi connectivity index (χ3n) is 8.18. The van der Waals surface area contributed by atoms with Crippen LogP contribution in [0.4, 0.5) is 26.1 Å². The summed E-state index contributed by atoms with van der Waals surface area (Å²) in [6.45, 7) is 6.63. The zero-order valence-corrected chi connectivity index (χ0v) is 25.6. The zero-order valence-electron chi connectivity index (χ0n) is 24.9. The third kappa shape index (κ3) is 7.25. The highest BCUT2D eigenvalue weighted by atomic mass is 35.5. The molecule has 3 heterocycles. The van der Waals surface area contributed by atoms with Crippen molar-refractivity contribution in [2.45, 2.75) is 76.9 Å². The first-order valence-electron chi connectivity index (χ1n) is 14.6. The summed E-state index contributed by atoms with van der Waals surface area (Å²) < 4.78 is 31.8. The number of β-amino-alcohol motifs (C(OH)–C–C–N with tert-alkyl or cyclic N) is 1. The summed E-state index contributed by atoms with van der Waals surface area (Å²) in [7, 11) is 0. The number of halogens is 3. The fourth-order valence-corrected chi connectivity index (χ4v) is 6.30. The highest BCUT2D eigenvalue weighted by Crippen LogP contribution is 2.40. The Kier molecular flexibility index (Phi) is 8.92. The Balaban J connectivity index is 1.31. The Morgan fingerprint density at radius 1 is 1.21 bits per heavy atom. The van der Waals surface area contributed by atoms with Crippen LogP contribution in [-0.4, -0.2) is 57.7 Å². The molecule has 43 heavy (non-hydrogen) atoms. The second-order valence-corrected chi connectivity index (χ2v) is 12.9. The van der Waals surface area contributed by atoms with E-state index < -0.39 is 17.6 Å². The molecule has 1 saturated heterocycles. The number of piperidine rings is 1. The lowest BCUT2D eigenvalue weighted by Crippen LogP contribution is -2.42. The van der Waals surface area contributed by atoms with Gasteiger partial charge in [-0.15, -0.1) is 0 Å². The second kappa shape index (κ2) is 12.3. The Bertz CT molecular complexity index is 1490. The summed E-state index contributed by atoms with van der Waals surface area (Å²) in [4.78, 5) is 23.6. The number of aromatic nitrogens is 2. The number of benzene rings is 2. The summed E-state index contributed by atoms with van der Waals surface area (Å²) in [5.74, 6) is 0.387. The Morgan fingerprint density at radius 3 is 2.65 bits per heavy atom. The van der Waals surface area contributed by atoms with Gasteiger partial charge in [-0.2, -0.15) is 8.78 Å². The standard InChI is InChI=1S/C32H38ClF2N5O3/c1-31(2,42)18-40-14-12-19(13-15-40)21-9-11-24(26(16-21)43-29(34)35)39-30-36-17-22(33)23(38-30)10-8-20-6-5-7-25-27(20)32(3,4)28(41)37-25/h5-7,9,11,16-17,19,29,42H,8,10,12-15,18H2,1-4H3,(H,37,41)(H,36,38,39). The number of ether oxygens (including phenoxy) is 1. The molecule has 11 heteroatoms. The number of nitrogens with one attached hydrogen (secondary N) is 2. The van der Waals surface area contributed by atoms with Crippen molar-refractivity contribution in [3.8, 4) is 5.75 Å². The molecule has 0 saturated carbocycles. The first kappa shape index (κ1) is 31.1. The number of aryl methyl sites for hydroxylation is 2. The number of nitrogens with zero attached hydrogens (tertiary/aromatic N) is 3. The Morgan fingerprint density at radius 2 is 1.95 bits per heavy atom. The molecule has 3 N–H and O–H groups in total. The number of likely N-dealkylation sites (tertiary alicyclic amines) is 1. The molecule has 0 atom stereocenters. The van der Waals surface area contributed by atoms with E-state index in [1.54, 1.807) is 26.0 Å². The molecule has 0 bridgehead atoms. The number of amides is 1. The summed E-state index contributed by atoms with van der Waals surface area (Å²) in [6, 6.07) is 11.1. The van der Waals surface area contributed by atoms with Crippen LogP contribution in [-0.2, 0) is 23.1 Å². The van der Waals surface area contributed by atoms with Gasteiger partial charge in [0.15, 0.2) is 0 Å². The number of anilines is 3. The summed E-state index contributed by atoms with van der Waals surface area (Å²) >= 11 is 6.45. The first-order valence-corrected chi connectivity index (χ1v) is 14.9. The maximum Gasteiger partial charge on any atom is 0.387 e. The second-order valence-electron chi connectivity index (χ2n) is 12.5. The van der Waals surface area contributed by atoms with Crippen LogP contribution in [0.3, 0.4) is 0 Å². The van der Waals surface area contributed by atoms with Crippen LogP contribution in [0.5, 0.6) is 5.75 Å². The molecule has 0 spiro atoms. The highest BCUT2D eigenvalue weighted by Gasteiger charge is 2.39. The largest absolute Gasteiger partial charge is 0.433 e. The van der Waals surface area contributed by atoms with Gasteiger partial charge in [0.2, 0.25) is 11.9 Å². The average molecular weight is 614 g/mol. The number of aliphatic hydroxyl groups is 1. The highest BCUT2D eigenvalue weighted by molar-refractivity contribution is 6.31. The number of hydrogen-bond donors (Lipinski definition) is 3. The van der Waals surface area contributed by atoms with E-state index in [2.05, 4.69) is 25.5 Å². The molecule has 3 aromatic rings. The molecule has 0 radical (unpaired) electrons. The number of carbonyl (C=O) groups is 1. The van der Waals surface area contributed by atoms with Crippen LogP contribution in [0, 0.1) is 0 Å². The van der Waals surface area contributed by atoms with E-state index in [1.807, 2.05) is 38.1 Å². The van der Waals surface area contributed by atoms with Crippen molar-refractivity contribution < 1.29 is 23.4 Å². The molecule has 5 rings (SSSR count). The quantitative estimate of drug-likeness (QED) is 0.242. The van der Waals surface area contributed by atoms with Gasteiger partial charge in [-0.1, -0.05) is 29.8 Å². The SMILES string of the molecule is CC(C)(O)CN1CCC(c2ccc(Nc3ncc(Cl)c(CCc4cccc5c4C(C)(C)C(=O)N5)n3)c(OC(F)F)c2)CC1. The van der Waals surface area contributed by atoms with Gasteiger partial charge < -0.3 is 25.4 Å². The summed E-state index contributed by atoms with van der Waals surface area (Å²) in [5, 5.41) is 16.5. The van der Waals surface area contributed by atoms with E-state index in [9.17, 15) is 18.7 Å². The average Bonchev–Trinajstić information content (AvgIpc) is 3.17. The van der Waals surface area contributed by atoms with Crippen molar-refractivity contribution in [2.24, 2.45) is 0 Å². The lowest BCUT2D eigenvalue weighted by atomic mass is 9.82. The predicted molar refractivity (Wildman–Crippen MR) is 164 cm³/mol. The molecule has 2 aliphatic rings. The van der Waals surface area contributed by atoms with E-state index in [0.717, 1.165) is 48.3 Å². The molecule has 230 valence electrons. The minimum Gasteiger partial charge on any atom is -0.433 e. The topological polar surface area (TPSA) is 99.6 Å². The van der Waals surface area contributed by atoms with Gasteiger partial charge in [-0.25, -0.2) is 9.97 Å². The number of carbonyl (C=O) groups excluding carboxylic acids is 1. The Hall–Kier alpha value is -3.34. The Labute approximate surface area is 255 Å². The monoisotopic (exact) mass is 613 g/mol. The van der Waals surface area contributed by atoms with Crippen LogP contribution in [0.25, 0.3) is 0 Å². The maximum atomic E-state index is 13.4. The van der Waals surface area contributed by atoms with Gasteiger partial charge in [0.05, 0.1) is 33.6 Å². The lowest BCUT2D eigenvalue weighted by Gasteiger charge is -2.35. The maximum absolute atomic E-state index is 13.4. The van der Waals surface area contributed by atoms with Crippen LogP contribution in [0.15, 0.2) is 42.6 Å². The molecule has 1 amide bonds. The molecule has 1 aromatic heterocycles.